The highest BCUT2D eigenvalue weighted by molar-refractivity contribution is 9.10. The second-order valence-electron chi connectivity index (χ2n) is 9.29. The third kappa shape index (κ3) is 7.77. The molecule has 214 valence electrons. The van der Waals surface area contributed by atoms with Gasteiger partial charge in [0.25, 0.3) is 10.0 Å². The van der Waals surface area contributed by atoms with Gasteiger partial charge in [0.05, 0.1) is 22.7 Å². The average molecular weight is 651 g/mol. The van der Waals surface area contributed by atoms with Crippen LogP contribution < -0.4 is 14.4 Å². The number of amides is 2. The minimum atomic E-state index is -4.19. The Kier molecular flexibility index (Phi) is 11.0. The molecule has 0 aliphatic rings. The lowest BCUT2D eigenvalue weighted by molar-refractivity contribution is -0.139. The van der Waals surface area contributed by atoms with Gasteiger partial charge >= 0.3 is 0 Å². The van der Waals surface area contributed by atoms with Crippen LogP contribution in [0.4, 0.5) is 5.69 Å². The summed E-state index contributed by atoms with van der Waals surface area (Å²) in [5.41, 5.74) is 0.966. The molecular weight excluding hydrogens is 618 g/mol. The van der Waals surface area contributed by atoms with Crippen LogP contribution in [0.2, 0.25) is 5.02 Å². The second kappa shape index (κ2) is 14.0. The van der Waals surface area contributed by atoms with Gasteiger partial charge in [-0.25, -0.2) is 8.42 Å². The van der Waals surface area contributed by atoms with E-state index in [1.807, 2.05) is 38.1 Å². The Morgan fingerprint density at radius 3 is 2.25 bits per heavy atom. The van der Waals surface area contributed by atoms with E-state index in [1.54, 1.807) is 25.1 Å². The van der Waals surface area contributed by atoms with Crippen molar-refractivity contribution in [3.63, 3.8) is 0 Å². The fraction of sp³-hybridized carbons (Fsp3) is 0.310. The van der Waals surface area contributed by atoms with E-state index in [9.17, 15) is 18.0 Å². The van der Waals surface area contributed by atoms with Crippen molar-refractivity contribution in [3.8, 4) is 5.75 Å². The maximum absolute atomic E-state index is 14.0. The van der Waals surface area contributed by atoms with Crippen LogP contribution in [0.5, 0.6) is 5.75 Å². The molecule has 0 aliphatic heterocycles. The number of hydrogen-bond donors (Lipinski definition) is 1. The highest BCUT2D eigenvalue weighted by Crippen LogP contribution is 2.32. The molecule has 0 heterocycles. The maximum atomic E-state index is 14.0. The van der Waals surface area contributed by atoms with Gasteiger partial charge < -0.3 is 15.0 Å². The van der Waals surface area contributed by atoms with Gasteiger partial charge in [0.15, 0.2) is 0 Å². The Morgan fingerprint density at radius 1 is 1.02 bits per heavy atom. The number of carbonyl (C=O) groups excluding carboxylic acids is 2. The average Bonchev–Trinajstić information content (AvgIpc) is 2.95. The van der Waals surface area contributed by atoms with Crippen LogP contribution in [0.15, 0.2) is 82.2 Å². The number of anilines is 1. The number of halogens is 2. The fourth-order valence-electron chi connectivity index (χ4n) is 3.89. The molecule has 0 spiro atoms. The van der Waals surface area contributed by atoms with Crippen molar-refractivity contribution in [3.05, 3.63) is 87.9 Å². The summed E-state index contributed by atoms with van der Waals surface area (Å²) in [6, 6.07) is 18.7. The maximum Gasteiger partial charge on any atom is 0.264 e. The smallest absolute Gasteiger partial charge is 0.264 e. The minimum Gasteiger partial charge on any atom is -0.495 e. The number of methoxy groups -OCH3 is 1. The summed E-state index contributed by atoms with van der Waals surface area (Å²) in [6.45, 7) is 5.01. The summed E-state index contributed by atoms with van der Waals surface area (Å²) in [6.07, 6.45) is 0.723. The van der Waals surface area contributed by atoms with Crippen molar-refractivity contribution < 1.29 is 22.7 Å². The number of rotatable bonds is 12. The summed E-state index contributed by atoms with van der Waals surface area (Å²) < 4.78 is 34.8. The lowest BCUT2D eigenvalue weighted by Crippen LogP contribution is -2.52. The van der Waals surface area contributed by atoms with Crippen LogP contribution >= 0.6 is 27.5 Å². The van der Waals surface area contributed by atoms with Gasteiger partial charge in [0.1, 0.15) is 18.3 Å². The van der Waals surface area contributed by atoms with E-state index >= 15 is 0 Å². The molecule has 2 atom stereocenters. The monoisotopic (exact) mass is 649 g/mol. The van der Waals surface area contributed by atoms with E-state index in [0.29, 0.717) is 5.75 Å². The Bertz CT molecular complexity index is 1420. The zero-order valence-corrected chi connectivity index (χ0v) is 26.0. The normalized spacial score (nSPS) is 12.8. The summed E-state index contributed by atoms with van der Waals surface area (Å²) in [5.74, 6) is -0.521. The van der Waals surface area contributed by atoms with Gasteiger partial charge in [0, 0.05) is 17.1 Å². The number of carbonyl (C=O) groups is 2. The van der Waals surface area contributed by atoms with E-state index in [2.05, 4.69) is 21.2 Å². The summed E-state index contributed by atoms with van der Waals surface area (Å²) >= 11 is 9.75. The van der Waals surface area contributed by atoms with Gasteiger partial charge in [-0.15, -0.1) is 0 Å². The summed E-state index contributed by atoms with van der Waals surface area (Å²) in [4.78, 5) is 28.5. The van der Waals surface area contributed by atoms with Crippen LogP contribution in [-0.4, -0.2) is 50.9 Å². The molecule has 0 radical (unpaired) electrons. The number of ether oxygens (including phenoxy) is 1. The first-order chi connectivity index (χ1) is 19.0. The highest BCUT2D eigenvalue weighted by atomic mass is 79.9. The van der Waals surface area contributed by atoms with E-state index < -0.39 is 28.5 Å². The number of nitrogens with zero attached hydrogens (tertiary/aromatic N) is 2. The van der Waals surface area contributed by atoms with E-state index in [1.165, 1.54) is 42.3 Å². The number of hydrogen-bond acceptors (Lipinski definition) is 5. The van der Waals surface area contributed by atoms with Crippen molar-refractivity contribution in [2.75, 3.05) is 18.0 Å². The van der Waals surface area contributed by atoms with Gasteiger partial charge in [-0.2, -0.15) is 0 Å². The lowest BCUT2D eigenvalue weighted by Gasteiger charge is -2.32. The van der Waals surface area contributed by atoms with Gasteiger partial charge in [0.2, 0.25) is 11.8 Å². The second-order valence-corrected chi connectivity index (χ2v) is 12.5. The van der Waals surface area contributed by atoms with Crippen LogP contribution in [0.3, 0.4) is 0 Å². The Balaban J connectivity index is 2.04. The first kappa shape index (κ1) is 31.4. The molecule has 0 aliphatic carbocycles. The third-order valence-corrected chi connectivity index (χ3v) is 9.08. The molecule has 11 heteroatoms. The predicted molar refractivity (Wildman–Crippen MR) is 161 cm³/mol. The van der Waals surface area contributed by atoms with Crippen molar-refractivity contribution in [2.24, 2.45) is 0 Å². The van der Waals surface area contributed by atoms with E-state index in [0.717, 1.165) is 20.8 Å². The first-order valence-electron chi connectivity index (χ1n) is 12.7. The van der Waals surface area contributed by atoms with Crippen LogP contribution in [0, 0.1) is 0 Å². The molecule has 3 rings (SSSR count). The zero-order valence-electron chi connectivity index (χ0n) is 22.8. The van der Waals surface area contributed by atoms with Crippen LogP contribution in [0.25, 0.3) is 0 Å². The van der Waals surface area contributed by atoms with Crippen molar-refractivity contribution in [1.29, 1.82) is 0 Å². The van der Waals surface area contributed by atoms with Crippen molar-refractivity contribution >= 4 is 55.1 Å². The SMILES string of the molecule is CC[C@H](C)NC(=O)[C@@H](C)N(Cc1ccc(Br)cc1)C(=O)CN(c1ccc(OC)c(Cl)c1)S(=O)(=O)c1ccccc1. The third-order valence-electron chi connectivity index (χ3n) is 6.47. The molecule has 1 N–H and O–H groups in total. The van der Waals surface area contributed by atoms with E-state index in [-0.39, 0.29) is 34.1 Å². The highest BCUT2D eigenvalue weighted by Gasteiger charge is 2.33. The molecule has 0 unspecified atom stereocenters. The topological polar surface area (TPSA) is 96.0 Å². The molecule has 0 saturated carbocycles. The summed E-state index contributed by atoms with van der Waals surface area (Å²) in [7, 11) is -2.73. The molecule has 0 bridgehead atoms. The van der Waals surface area contributed by atoms with Crippen LogP contribution in [0.1, 0.15) is 32.8 Å². The molecule has 3 aromatic rings. The largest absolute Gasteiger partial charge is 0.495 e. The molecule has 0 fully saturated rings. The molecule has 2 amide bonds. The number of sulfonamides is 1. The van der Waals surface area contributed by atoms with Gasteiger partial charge in [-0.05, 0) is 68.3 Å². The zero-order chi connectivity index (χ0) is 29.4. The lowest BCUT2D eigenvalue weighted by atomic mass is 10.1. The number of benzene rings is 3. The molecule has 0 aromatic heterocycles. The molecule has 3 aromatic carbocycles. The Morgan fingerprint density at radius 2 is 1.68 bits per heavy atom. The Labute approximate surface area is 249 Å². The van der Waals surface area contributed by atoms with Gasteiger partial charge in [-0.1, -0.05) is 64.8 Å². The minimum absolute atomic E-state index is 0.0109. The standard InChI is InChI=1S/C29H33BrClN3O5S/c1-5-20(2)32-29(36)21(3)33(18-22-11-13-23(30)14-12-22)28(35)19-34(24-15-16-27(39-4)26(31)17-24)40(37,38)25-9-7-6-8-10-25/h6-17,20-21H,5,18-19H2,1-4H3,(H,32,36)/t20-,21+/m0/s1. The molecule has 8 nitrogen and oxygen atoms in total. The molecule has 40 heavy (non-hydrogen) atoms. The summed E-state index contributed by atoms with van der Waals surface area (Å²) in [5, 5.41) is 3.11. The van der Waals surface area contributed by atoms with Crippen LogP contribution in [-0.2, 0) is 26.2 Å². The fourth-order valence-corrected chi connectivity index (χ4v) is 5.84. The van der Waals surface area contributed by atoms with Gasteiger partial charge in [-0.3, -0.25) is 13.9 Å². The first-order valence-corrected chi connectivity index (χ1v) is 15.3. The quantitative estimate of drug-likeness (QED) is 0.274. The van der Waals surface area contributed by atoms with E-state index in [4.69, 9.17) is 16.3 Å². The molecule has 0 saturated heterocycles. The van der Waals surface area contributed by atoms with Crippen molar-refractivity contribution in [1.82, 2.24) is 10.2 Å². The Hall–Kier alpha value is -3.08. The number of nitrogens with one attached hydrogen (secondary N) is 1. The van der Waals surface area contributed by atoms with Crippen molar-refractivity contribution in [2.45, 2.75) is 50.7 Å². The predicted octanol–water partition coefficient (Wildman–Crippen LogP) is 5.64. The molecular formula is C29H33BrClN3O5S.